The van der Waals surface area contributed by atoms with Crippen LogP contribution in [0, 0.1) is 0 Å². The molecule has 0 radical (unpaired) electrons. The second-order valence-electron chi connectivity index (χ2n) is 6.74. The summed E-state index contributed by atoms with van der Waals surface area (Å²) in [6.07, 6.45) is 0.0352. The van der Waals surface area contributed by atoms with E-state index in [0.29, 0.717) is 6.42 Å². The molecule has 27 heavy (non-hydrogen) atoms. The van der Waals surface area contributed by atoms with Crippen molar-refractivity contribution in [2.24, 2.45) is 0 Å². The molecule has 0 bridgehead atoms. The molecule has 1 aliphatic heterocycles. The van der Waals surface area contributed by atoms with E-state index >= 15 is 0 Å². The summed E-state index contributed by atoms with van der Waals surface area (Å²) in [5.74, 6) is 0.841. The number of rotatable bonds is 6. The maximum absolute atomic E-state index is 10.7. The van der Waals surface area contributed by atoms with Gasteiger partial charge in [0.15, 0.2) is 0 Å². The van der Waals surface area contributed by atoms with Crippen LogP contribution in [0.1, 0.15) is 35.3 Å². The molecule has 0 fully saturated rings. The molecule has 3 aromatic rings. The number of ether oxygens (including phenoxy) is 1. The van der Waals surface area contributed by atoms with Crippen molar-refractivity contribution in [3.8, 4) is 5.75 Å². The van der Waals surface area contributed by atoms with Crippen LogP contribution in [0.4, 0.5) is 0 Å². The van der Waals surface area contributed by atoms with Crippen molar-refractivity contribution in [2.45, 2.75) is 18.6 Å². The van der Waals surface area contributed by atoms with Gasteiger partial charge < -0.3 is 15.2 Å². The molecule has 136 valence electrons. The van der Waals surface area contributed by atoms with Crippen molar-refractivity contribution in [2.75, 3.05) is 7.11 Å². The number of aliphatic hydroxyl groups excluding tert-OH is 1. The first-order chi connectivity index (χ1) is 13.3. The first-order valence-corrected chi connectivity index (χ1v) is 9.18. The minimum atomic E-state index is -0.529. The van der Waals surface area contributed by atoms with Gasteiger partial charge in [0.2, 0.25) is 0 Å². The van der Waals surface area contributed by atoms with Gasteiger partial charge in [-0.05, 0) is 28.8 Å². The van der Waals surface area contributed by atoms with Crippen LogP contribution in [0.2, 0.25) is 0 Å². The van der Waals surface area contributed by atoms with Crippen LogP contribution in [-0.2, 0) is 0 Å². The number of nitrogens with one attached hydrogen (secondary N) is 1. The molecule has 0 saturated carbocycles. The van der Waals surface area contributed by atoms with Crippen molar-refractivity contribution in [1.29, 1.82) is 0 Å². The fourth-order valence-electron chi connectivity index (χ4n) is 3.58. The highest BCUT2D eigenvalue weighted by molar-refractivity contribution is 5.79. The molecule has 2 atom stereocenters. The summed E-state index contributed by atoms with van der Waals surface area (Å²) in [4.78, 5) is 0. The Morgan fingerprint density at radius 2 is 1.52 bits per heavy atom. The van der Waals surface area contributed by atoms with E-state index in [1.165, 1.54) is 11.1 Å². The molecule has 3 nitrogen and oxygen atoms in total. The first kappa shape index (κ1) is 17.4. The van der Waals surface area contributed by atoms with Crippen molar-refractivity contribution in [3.05, 3.63) is 107 Å². The number of aliphatic hydroxyl groups is 1. The molecule has 3 heteroatoms. The Hall–Kier alpha value is -3.04. The molecule has 1 unspecified atom stereocenters. The van der Waals surface area contributed by atoms with Crippen molar-refractivity contribution >= 4 is 5.57 Å². The lowest BCUT2D eigenvalue weighted by molar-refractivity contribution is 0.174. The summed E-state index contributed by atoms with van der Waals surface area (Å²) < 4.78 is 5.29. The Bertz CT molecular complexity index is 918. The molecule has 0 saturated heterocycles. The zero-order valence-electron chi connectivity index (χ0n) is 15.3. The largest absolute Gasteiger partial charge is 0.497 e. The van der Waals surface area contributed by atoms with Gasteiger partial charge in [0.1, 0.15) is 5.75 Å². The minimum Gasteiger partial charge on any atom is -0.497 e. The predicted molar refractivity (Wildman–Crippen MR) is 108 cm³/mol. The third-order valence-corrected chi connectivity index (χ3v) is 5.05. The van der Waals surface area contributed by atoms with Crippen molar-refractivity contribution < 1.29 is 9.84 Å². The van der Waals surface area contributed by atoms with E-state index in [9.17, 15) is 5.11 Å². The quantitative estimate of drug-likeness (QED) is 0.661. The second-order valence-corrected chi connectivity index (χ2v) is 6.74. The lowest BCUT2D eigenvalue weighted by atomic mass is 9.83. The van der Waals surface area contributed by atoms with E-state index in [4.69, 9.17) is 4.74 Å². The molecule has 1 heterocycles. The zero-order chi connectivity index (χ0) is 18.6. The summed E-state index contributed by atoms with van der Waals surface area (Å²) in [5.41, 5.74) is 5.63. The maximum Gasteiger partial charge on any atom is 0.118 e. The van der Waals surface area contributed by atoms with Crippen LogP contribution in [0.15, 0.2) is 90.6 Å². The summed E-state index contributed by atoms with van der Waals surface area (Å²) in [6, 6.07) is 28.5. The Morgan fingerprint density at radius 1 is 0.889 bits per heavy atom. The van der Waals surface area contributed by atoms with Crippen LogP contribution in [0.3, 0.4) is 0 Å². The van der Waals surface area contributed by atoms with Gasteiger partial charge in [-0.3, -0.25) is 0 Å². The molecule has 4 rings (SSSR count). The van der Waals surface area contributed by atoms with Gasteiger partial charge in [-0.1, -0.05) is 72.8 Å². The number of hydrogen-bond acceptors (Lipinski definition) is 3. The van der Waals surface area contributed by atoms with Gasteiger partial charge in [-0.15, -0.1) is 0 Å². The minimum absolute atomic E-state index is 0.137. The Morgan fingerprint density at radius 3 is 2.15 bits per heavy atom. The smallest absolute Gasteiger partial charge is 0.118 e. The highest BCUT2D eigenvalue weighted by Gasteiger charge is 2.32. The van der Waals surface area contributed by atoms with Crippen LogP contribution >= 0.6 is 0 Å². The predicted octanol–water partition coefficient (Wildman–Crippen LogP) is 4.87. The zero-order valence-corrected chi connectivity index (χ0v) is 15.3. The molecule has 2 N–H and O–H groups in total. The van der Waals surface area contributed by atoms with E-state index in [0.717, 1.165) is 22.6 Å². The van der Waals surface area contributed by atoms with E-state index < -0.39 is 6.10 Å². The molecule has 3 aromatic carbocycles. The maximum atomic E-state index is 10.7. The summed E-state index contributed by atoms with van der Waals surface area (Å²) in [7, 11) is 1.67. The number of methoxy groups -OCH3 is 1. The van der Waals surface area contributed by atoms with Gasteiger partial charge in [0.05, 0.1) is 19.3 Å². The number of hydrogen-bond donors (Lipinski definition) is 2. The molecule has 0 amide bonds. The van der Waals surface area contributed by atoms with Crippen molar-refractivity contribution in [1.82, 2.24) is 5.32 Å². The van der Waals surface area contributed by atoms with Gasteiger partial charge >= 0.3 is 0 Å². The lowest BCUT2D eigenvalue weighted by Gasteiger charge is -2.38. The summed E-state index contributed by atoms with van der Waals surface area (Å²) in [5, 5.41) is 14.2. The fraction of sp³-hybridized carbons (Fsp3) is 0.167. The third kappa shape index (κ3) is 3.60. The Balaban J connectivity index is 1.66. The monoisotopic (exact) mass is 357 g/mol. The van der Waals surface area contributed by atoms with Crippen molar-refractivity contribution in [3.63, 3.8) is 0 Å². The summed E-state index contributed by atoms with van der Waals surface area (Å²) >= 11 is 0. The molecular weight excluding hydrogens is 334 g/mol. The van der Waals surface area contributed by atoms with E-state index in [1.54, 1.807) is 7.11 Å². The highest BCUT2D eigenvalue weighted by atomic mass is 16.5. The normalized spacial score (nSPS) is 17.0. The van der Waals surface area contributed by atoms with Crippen LogP contribution < -0.4 is 10.1 Å². The molecule has 0 spiro atoms. The fourth-order valence-corrected chi connectivity index (χ4v) is 3.58. The van der Waals surface area contributed by atoms with Crippen LogP contribution in [-0.4, -0.2) is 12.2 Å². The van der Waals surface area contributed by atoms with Gasteiger partial charge in [-0.2, -0.15) is 0 Å². The van der Waals surface area contributed by atoms with Gasteiger partial charge in [-0.25, -0.2) is 0 Å². The highest BCUT2D eigenvalue weighted by Crippen LogP contribution is 2.43. The van der Waals surface area contributed by atoms with E-state index in [-0.39, 0.29) is 6.04 Å². The average molecular weight is 357 g/mol. The molecule has 1 aliphatic rings. The van der Waals surface area contributed by atoms with Gasteiger partial charge in [0.25, 0.3) is 0 Å². The van der Waals surface area contributed by atoms with E-state index in [2.05, 4.69) is 41.7 Å². The SMILES string of the molecule is COc1ccc(C2=C(C[C@@H](O)c3ccccc3)NC2c2ccccc2)cc1. The summed E-state index contributed by atoms with van der Waals surface area (Å²) in [6.45, 7) is 0. The standard InChI is InChI=1S/C24H23NO2/c1-27-20-14-12-18(13-15-20)23-21(16-22(26)17-8-4-2-5-9-17)25-24(23)19-10-6-3-7-11-19/h2-15,22,24-26H,16H2,1H3/t22-,24?/m1/s1. The van der Waals surface area contributed by atoms with Crippen LogP contribution in [0.5, 0.6) is 5.75 Å². The molecule has 0 aliphatic carbocycles. The average Bonchev–Trinajstić information content (AvgIpc) is 2.72. The first-order valence-electron chi connectivity index (χ1n) is 9.18. The van der Waals surface area contributed by atoms with Crippen LogP contribution in [0.25, 0.3) is 5.57 Å². The second kappa shape index (κ2) is 7.68. The topological polar surface area (TPSA) is 41.5 Å². The number of benzene rings is 3. The van der Waals surface area contributed by atoms with E-state index in [1.807, 2.05) is 48.5 Å². The van der Waals surface area contributed by atoms with Gasteiger partial charge in [0, 0.05) is 17.7 Å². The molecular formula is C24H23NO2. The Kier molecular flexibility index (Phi) is 4.95. The lowest BCUT2D eigenvalue weighted by Crippen LogP contribution is -2.34. The third-order valence-electron chi connectivity index (χ3n) is 5.05. The Labute approximate surface area is 159 Å². The molecule has 0 aromatic heterocycles.